The van der Waals surface area contributed by atoms with Crippen LogP contribution < -0.4 is 5.32 Å². The van der Waals surface area contributed by atoms with Crippen LogP contribution in [-0.2, 0) is 4.79 Å². The van der Waals surface area contributed by atoms with Crippen molar-refractivity contribution in [2.45, 2.75) is 32.4 Å². The molecule has 2 N–H and O–H groups in total. The first-order valence-electron chi connectivity index (χ1n) is 5.19. The van der Waals surface area contributed by atoms with Crippen LogP contribution in [0.4, 0.5) is 0 Å². The molecule has 2 atom stereocenters. The summed E-state index contributed by atoms with van der Waals surface area (Å²) in [6.45, 7) is 4.07. The average Bonchev–Trinajstić information content (AvgIpc) is 2.68. The molecule has 1 heterocycles. The maximum Gasteiger partial charge on any atom is 0.242 e. The summed E-state index contributed by atoms with van der Waals surface area (Å²) in [5, 5.41) is 11.8. The summed E-state index contributed by atoms with van der Waals surface area (Å²) in [7, 11) is 0. The monoisotopic (exact) mass is 210 g/mol. The topological polar surface area (TPSA) is 54.3 Å². The fourth-order valence-electron chi connectivity index (χ4n) is 1.29. The van der Waals surface area contributed by atoms with Gasteiger partial charge in [-0.15, -0.1) is 0 Å². The summed E-state index contributed by atoms with van der Waals surface area (Å²) in [4.78, 5) is 11.6. The zero-order valence-corrected chi connectivity index (χ0v) is 9.18. The summed E-state index contributed by atoms with van der Waals surface area (Å²) in [6, 6.07) is 3.58. The highest BCUT2D eigenvalue weighted by molar-refractivity contribution is 5.79. The van der Waals surface area contributed by atoms with Crippen LogP contribution in [0.2, 0.25) is 0 Å². The van der Waals surface area contributed by atoms with Crippen molar-refractivity contribution in [3.63, 3.8) is 0 Å². The third-order valence-electron chi connectivity index (χ3n) is 2.32. The highest BCUT2D eigenvalue weighted by Gasteiger charge is 2.12. The maximum absolute atomic E-state index is 11.6. The third-order valence-corrected chi connectivity index (χ3v) is 2.32. The van der Waals surface area contributed by atoms with Crippen molar-refractivity contribution in [1.82, 2.24) is 9.88 Å². The molecular weight excluding hydrogens is 192 g/mol. The molecule has 0 aliphatic rings. The summed E-state index contributed by atoms with van der Waals surface area (Å²) in [5.74, 6) is -0.0214. The van der Waals surface area contributed by atoms with E-state index in [1.54, 1.807) is 6.92 Å². The second kappa shape index (κ2) is 5.56. The summed E-state index contributed by atoms with van der Waals surface area (Å²) in [5.41, 5.74) is 0. The number of aliphatic hydroxyl groups excluding tert-OH is 1. The predicted octanol–water partition coefficient (Wildman–Crippen LogP) is 0.936. The minimum absolute atomic E-state index is 0.0214. The Morgan fingerprint density at radius 3 is 2.53 bits per heavy atom. The lowest BCUT2D eigenvalue weighted by atomic mass is 10.2. The van der Waals surface area contributed by atoms with Gasteiger partial charge in [0.15, 0.2) is 0 Å². The van der Waals surface area contributed by atoms with Crippen LogP contribution in [-0.4, -0.2) is 28.2 Å². The van der Waals surface area contributed by atoms with Crippen molar-refractivity contribution in [2.24, 2.45) is 0 Å². The van der Waals surface area contributed by atoms with E-state index < -0.39 is 0 Å². The maximum atomic E-state index is 11.6. The Hall–Kier alpha value is -1.29. The highest BCUT2D eigenvalue weighted by atomic mass is 16.3. The number of aliphatic hydroxyl groups is 1. The Balaban J connectivity index is 2.34. The van der Waals surface area contributed by atoms with Crippen LogP contribution >= 0.6 is 0 Å². The van der Waals surface area contributed by atoms with Gasteiger partial charge in [-0.1, -0.05) is 0 Å². The lowest BCUT2D eigenvalue weighted by Gasteiger charge is -2.14. The van der Waals surface area contributed by atoms with Crippen LogP contribution in [0.3, 0.4) is 0 Å². The van der Waals surface area contributed by atoms with Gasteiger partial charge in [0, 0.05) is 18.9 Å². The van der Waals surface area contributed by atoms with E-state index in [1.807, 2.05) is 36.0 Å². The molecule has 84 valence electrons. The number of hydrogen-bond acceptors (Lipinski definition) is 2. The summed E-state index contributed by atoms with van der Waals surface area (Å²) >= 11 is 0. The van der Waals surface area contributed by atoms with Gasteiger partial charge in [-0.25, -0.2) is 0 Å². The van der Waals surface area contributed by atoms with Gasteiger partial charge >= 0.3 is 0 Å². The molecule has 2 unspecified atom stereocenters. The Labute approximate surface area is 89.9 Å². The molecule has 0 aromatic carbocycles. The van der Waals surface area contributed by atoms with Gasteiger partial charge in [-0.2, -0.15) is 0 Å². The van der Waals surface area contributed by atoms with Crippen LogP contribution in [0, 0.1) is 0 Å². The van der Waals surface area contributed by atoms with Crippen molar-refractivity contribution < 1.29 is 9.90 Å². The number of nitrogens with one attached hydrogen (secondary N) is 1. The molecule has 4 heteroatoms. The molecule has 0 fully saturated rings. The molecule has 0 aliphatic heterocycles. The van der Waals surface area contributed by atoms with E-state index in [0.29, 0.717) is 13.0 Å². The van der Waals surface area contributed by atoms with E-state index in [4.69, 9.17) is 5.11 Å². The number of carbonyl (C=O) groups is 1. The molecule has 0 saturated heterocycles. The quantitative estimate of drug-likeness (QED) is 0.759. The standard InChI is InChI=1S/C11H18N2O2/c1-9(14)5-6-12-11(15)10(2)13-7-3-4-8-13/h3-4,7-10,14H,5-6H2,1-2H3,(H,12,15). The molecule has 4 nitrogen and oxygen atoms in total. The molecular formula is C11H18N2O2. The van der Waals surface area contributed by atoms with Crippen LogP contribution in [0.25, 0.3) is 0 Å². The third kappa shape index (κ3) is 3.75. The van der Waals surface area contributed by atoms with Crippen molar-refractivity contribution >= 4 is 5.91 Å². The lowest BCUT2D eigenvalue weighted by molar-refractivity contribution is -0.123. The SMILES string of the molecule is CC(O)CCNC(=O)C(C)n1cccc1. The van der Waals surface area contributed by atoms with Gasteiger partial charge in [-0.05, 0) is 32.4 Å². The second-order valence-electron chi connectivity index (χ2n) is 3.73. The fourth-order valence-corrected chi connectivity index (χ4v) is 1.29. The van der Waals surface area contributed by atoms with Gasteiger partial charge in [0.05, 0.1) is 6.10 Å². The molecule has 0 radical (unpaired) electrons. The Morgan fingerprint density at radius 1 is 1.40 bits per heavy atom. The van der Waals surface area contributed by atoms with Gasteiger partial charge in [-0.3, -0.25) is 4.79 Å². The number of rotatable bonds is 5. The van der Waals surface area contributed by atoms with Gasteiger partial charge < -0.3 is 15.0 Å². The second-order valence-corrected chi connectivity index (χ2v) is 3.73. The molecule has 0 saturated carbocycles. The zero-order chi connectivity index (χ0) is 11.3. The van der Waals surface area contributed by atoms with Crippen LogP contribution in [0.1, 0.15) is 26.3 Å². The molecule has 1 rings (SSSR count). The zero-order valence-electron chi connectivity index (χ0n) is 9.18. The van der Waals surface area contributed by atoms with Gasteiger partial charge in [0.2, 0.25) is 5.91 Å². The average molecular weight is 210 g/mol. The van der Waals surface area contributed by atoms with Crippen molar-refractivity contribution in [2.75, 3.05) is 6.54 Å². The Bertz CT molecular complexity index is 294. The van der Waals surface area contributed by atoms with Gasteiger partial charge in [0.25, 0.3) is 0 Å². The first kappa shape index (κ1) is 11.8. The number of aromatic nitrogens is 1. The van der Waals surface area contributed by atoms with Gasteiger partial charge in [0.1, 0.15) is 6.04 Å². The van der Waals surface area contributed by atoms with E-state index in [9.17, 15) is 4.79 Å². The van der Waals surface area contributed by atoms with E-state index in [2.05, 4.69) is 5.32 Å². The minimum Gasteiger partial charge on any atom is -0.393 e. The first-order chi connectivity index (χ1) is 7.11. The van der Waals surface area contributed by atoms with E-state index >= 15 is 0 Å². The number of nitrogens with zero attached hydrogens (tertiary/aromatic N) is 1. The molecule has 15 heavy (non-hydrogen) atoms. The molecule has 1 aromatic heterocycles. The number of amides is 1. The number of hydrogen-bond donors (Lipinski definition) is 2. The normalized spacial score (nSPS) is 14.6. The summed E-state index contributed by atoms with van der Waals surface area (Å²) in [6.07, 6.45) is 3.94. The van der Waals surface area contributed by atoms with E-state index in [-0.39, 0.29) is 18.1 Å². The largest absolute Gasteiger partial charge is 0.393 e. The van der Waals surface area contributed by atoms with Crippen LogP contribution in [0.15, 0.2) is 24.5 Å². The highest BCUT2D eigenvalue weighted by Crippen LogP contribution is 2.05. The van der Waals surface area contributed by atoms with Crippen molar-refractivity contribution in [1.29, 1.82) is 0 Å². The molecule has 1 amide bonds. The minimum atomic E-state index is -0.368. The predicted molar refractivity (Wildman–Crippen MR) is 58.5 cm³/mol. The van der Waals surface area contributed by atoms with Crippen LogP contribution in [0.5, 0.6) is 0 Å². The fraction of sp³-hybridized carbons (Fsp3) is 0.545. The molecule has 1 aromatic rings. The van der Waals surface area contributed by atoms with E-state index in [1.165, 1.54) is 0 Å². The van der Waals surface area contributed by atoms with Crippen molar-refractivity contribution in [3.8, 4) is 0 Å². The number of carbonyl (C=O) groups excluding carboxylic acids is 1. The Morgan fingerprint density at radius 2 is 2.00 bits per heavy atom. The lowest BCUT2D eigenvalue weighted by Crippen LogP contribution is -2.32. The molecule has 0 aliphatic carbocycles. The molecule has 0 spiro atoms. The smallest absolute Gasteiger partial charge is 0.242 e. The Kier molecular flexibility index (Phi) is 4.37. The summed E-state index contributed by atoms with van der Waals surface area (Å²) < 4.78 is 1.84. The van der Waals surface area contributed by atoms with E-state index in [0.717, 1.165) is 0 Å². The van der Waals surface area contributed by atoms with Crippen molar-refractivity contribution in [3.05, 3.63) is 24.5 Å². The first-order valence-corrected chi connectivity index (χ1v) is 5.19. The molecule has 0 bridgehead atoms.